The summed E-state index contributed by atoms with van der Waals surface area (Å²) in [4.78, 5) is 17.0. The van der Waals surface area contributed by atoms with Crippen molar-refractivity contribution in [1.29, 1.82) is 0 Å². The van der Waals surface area contributed by atoms with Gasteiger partial charge in [0.15, 0.2) is 0 Å². The fourth-order valence-corrected chi connectivity index (χ4v) is 1.83. The molecule has 0 aliphatic carbocycles. The van der Waals surface area contributed by atoms with Gasteiger partial charge in [0.2, 0.25) is 0 Å². The Hall–Kier alpha value is -1.04. The second-order valence-electron chi connectivity index (χ2n) is 3.50. The molecule has 0 aliphatic rings. The molecule has 0 aromatic carbocycles. The van der Waals surface area contributed by atoms with Crippen molar-refractivity contribution in [1.82, 2.24) is 9.88 Å². The molecule has 17 heavy (non-hydrogen) atoms. The Labute approximate surface area is 107 Å². The van der Waals surface area contributed by atoms with Gasteiger partial charge >= 0.3 is 0 Å². The summed E-state index contributed by atoms with van der Waals surface area (Å²) in [6, 6.07) is 3.43. The third-order valence-corrected chi connectivity index (χ3v) is 2.57. The molecule has 3 nitrogen and oxygen atoms in total. The molecule has 0 spiro atoms. The summed E-state index contributed by atoms with van der Waals surface area (Å²) in [5, 5.41) is 0.456. The van der Waals surface area contributed by atoms with E-state index < -0.39 is 18.9 Å². The minimum absolute atomic E-state index is 0.231. The van der Waals surface area contributed by atoms with Crippen LogP contribution >= 0.6 is 15.9 Å². The second-order valence-corrected chi connectivity index (χ2v) is 4.29. The van der Waals surface area contributed by atoms with Gasteiger partial charge in [-0.1, -0.05) is 22.0 Å². The molecule has 0 atom stereocenters. The number of alkyl halides is 3. The van der Waals surface area contributed by atoms with Crippen molar-refractivity contribution in [2.45, 2.75) is 13.3 Å². The van der Waals surface area contributed by atoms with Crippen molar-refractivity contribution in [2.75, 3.05) is 18.4 Å². The van der Waals surface area contributed by atoms with E-state index in [9.17, 15) is 13.6 Å². The van der Waals surface area contributed by atoms with Crippen LogP contribution in [0.4, 0.5) is 8.78 Å². The van der Waals surface area contributed by atoms with Gasteiger partial charge in [-0.25, -0.2) is 8.78 Å². The Balaban J connectivity index is 2.88. The number of rotatable bonds is 5. The SMILES string of the molecule is Cc1cccnc1C(=O)N(CCBr)CC(F)F. The van der Waals surface area contributed by atoms with Crippen molar-refractivity contribution >= 4 is 21.8 Å². The Morgan fingerprint density at radius 2 is 2.29 bits per heavy atom. The molecule has 0 N–H and O–H groups in total. The van der Waals surface area contributed by atoms with E-state index >= 15 is 0 Å². The highest BCUT2D eigenvalue weighted by Crippen LogP contribution is 2.09. The molecule has 6 heteroatoms. The Morgan fingerprint density at radius 3 is 2.82 bits per heavy atom. The minimum atomic E-state index is -2.54. The largest absolute Gasteiger partial charge is 0.331 e. The van der Waals surface area contributed by atoms with Crippen LogP contribution in [0.2, 0.25) is 0 Å². The smallest absolute Gasteiger partial charge is 0.272 e. The van der Waals surface area contributed by atoms with Crippen molar-refractivity contribution in [3.63, 3.8) is 0 Å². The van der Waals surface area contributed by atoms with Gasteiger partial charge in [0.1, 0.15) is 5.69 Å². The molecule has 1 rings (SSSR count). The van der Waals surface area contributed by atoms with Crippen LogP contribution < -0.4 is 0 Å². The lowest BCUT2D eigenvalue weighted by atomic mass is 10.2. The third kappa shape index (κ3) is 4.03. The monoisotopic (exact) mass is 306 g/mol. The summed E-state index contributed by atoms with van der Waals surface area (Å²) in [6.45, 7) is 1.40. The van der Waals surface area contributed by atoms with Gasteiger partial charge in [-0.3, -0.25) is 9.78 Å². The first-order valence-electron chi connectivity index (χ1n) is 5.11. The quantitative estimate of drug-likeness (QED) is 0.783. The molecule has 1 aromatic rings. The standard InChI is InChI=1S/C11H13BrF2N2O/c1-8-3-2-5-15-10(8)11(17)16(6-4-12)7-9(13)14/h2-3,5,9H,4,6-7H2,1H3. The first-order chi connectivity index (χ1) is 8.06. The highest BCUT2D eigenvalue weighted by Gasteiger charge is 2.21. The number of pyridine rings is 1. The summed E-state index contributed by atoms with van der Waals surface area (Å²) >= 11 is 3.14. The maximum Gasteiger partial charge on any atom is 0.272 e. The average molecular weight is 307 g/mol. The highest BCUT2D eigenvalue weighted by atomic mass is 79.9. The second kappa shape index (κ2) is 6.64. The number of nitrogens with zero attached hydrogens (tertiary/aromatic N) is 2. The first kappa shape index (κ1) is 14.0. The molecule has 0 unspecified atom stereocenters. The van der Waals surface area contributed by atoms with Crippen LogP contribution in [-0.4, -0.2) is 40.6 Å². The fourth-order valence-electron chi connectivity index (χ4n) is 1.40. The van der Waals surface area contributed by atoms with Crippen molar-refractivity contribution in [3.05, 3.63) is 29.6 Å². The molecule has 0 saturated heterocycles. The number of aryl methyl sites for hydroxylation is 1. The van der Waals surface area contributed by atoms with E-state index in [1.54, 1.807) is 19.1 Å². The molecular weight excluding hydrogens is 294 g/mol. The number of carbonyl (C=O) groups is 1. The van der Waals surface area contributed by atoms with Gasteiger partial charge in [-0.2, -0.15) is 0 Å². The van der Waals surface area contributed by atoms with Gasteiger partial charge in [-0.05, 0) is 18.6 Å². The van der Waals surface area contributed by atoms with Gasteiger partial charge in [0.25, 0.3) is 12.3 Å². The van der Waals surface area contributed by atoms with Crippen LogP contribution in [0, 0.1) is 6.92 Å². The summed E-state index contributed by atoms with van der Waals surface area (Å²) in [7, 11) is 0. The molecular formula is C11H13BrF2N2O. The molecule has 0 saturated carbocycles. The lowest BCUT2D eigenvalue weighted by Crippen LogP contribution is -2.37. The molecule has 1 amide bonds. The number of hydrogen-bond donors (Lipinski definition) is 0. The molecule has 1 heterocycles. The molecule has 0 aliphatic heterocycles. The van der Waals surface area contributed by atoms with E-state index in [4.69, 9.17) is 0 Å². The molecule has 1 aromatic heterocycles. The Bertz CT molecular complexity index is 387. The Morgan fingerprint density at radius 1 is 1.59 bits per heavy atom. The molecule has 0 fully saturated rings. The fraction of sp³-hybridized carbons (Fsp3) is 0.455. The number of amides is 1. The number of halogens is 3. The highest BCUT2D eigenvalue weighted by molar-refractivity contribution is 9.09. The first-order valence-corrected chi connectivity index (χ1v) is 6.23. The van der Waals surface area contributed by atoms with E-state index in [-0.39, 0.29) is 12.2 Å². The van der Waals surface area contributed by atoms with E-state index in [1.165, 1.54) is 6.20 Å². The zero-order chi connectivity index (χ0) is 12.8. The number of carbonyl (C=O) groups excluding carboxylic acids is 1. The predicted molar refractivity (Wildman–Crippen MR) is 64.7 cm³/mol. The average Bonchev–Trinajstić information content (AvgIpc) is 2.28. The van der Waals surface area contributed by atoms with E-state index in [1.807, 2.05) is 0 Å². The van der Waals surface area contributed by atoms with Crippen LogP contribution in [0.1, 0.15) is 16.1 Å². The van der Waals surface area contributed by atoms with Gasteiger partial charge in [0, 0.05) is 18.1 Å². The van der Waals surface area contributed by atoms with Crippen LogP contribution in [0.15, 0.2) is 18.3 Å². The zero-order valence-corrected chi connectivity index (χ0v) is 11.0. The van der Waals surface area contributed by atoms with Gasteiger partial charge < -0.3 is 4.90 Å². The predicted octanol–water partition coefficient (Wildman–Crippen LogP) is 2.49. The normalized spacial score (nSPS) is 10.6. The summed E-state index contributed by atoms with van der Waals surface area (Å²) in [5.41, 5.74) is 0.917. The van der Waals surface area contributed by atoms with Crippen molar-refractivity contribution < 1.29 is 13.6 Å². The van der Waals surface area contributed by atoms with Crippen molar-refractivity contribution in [3.8, 4) is 0 Å². The lowest BCUT2D eigenvalue weighted by molar-refractivity contribution is 0.0566. The van der Waals surface area contributed by atoms with Gasteiger partial charge in [0.05, 0.1) is 6.54 Å². The number of aromatic nitrogens is 1. The van der Waals surface area contributed by atoms with Crippen molar-refractivity contribution in [2.24, 2.45) is 0 Å². The van der Waals surface area contributed by atoms with Crippen LogP contribution in [0.5, 0.6) is 0 Å². The number of hydrogen-bond acceptors (Lipinski definition) is 2. The van der Waals surface area contributed by atoms with E-state index in [0.29, 0.717) is 10.9 Å². The molecule has 94 valence electrons. The van der Waals surface area contributed by atoms with Crippen LogP contribution in [0.25, 0.3) is 0 Å². The van der Waals surface area contributed by atoms with E-state index in [2.05, 4.69) is 20.9 Å². The van der Waals surface area contributed by atoms with Crippen LogP contribution in [-0.2, 0) is 0 Å². The summed E-state index contributed by atoms with van der Waals surface area (Å²) in [6.07, 6.45) is -1.06. The third-order valence-electron chi connectivity index (χ3n) is 2.21. The lowest BCUT2D eigenvalue weighted by Gasteiger charge is -2.21. The van der Waals surface area contributed by atoms with Gasteiger partial charge in [-0.15, -0.1) is 0 Å². The van der Waals surface area contributed by atoms with Crippen LogP contribution in [0.3, 0.4) is 0 Å². The Kier molecular flexibility index (Phi) is 5.47. The maximum absolute atomic E-state index is 12.4. The zero-order valence-electron chi connectivity index (χ0n) is 9.37. The molecule has 0 radical (unpaired) electrons. The maximum atomic E-state index is 12.4. The topological polar surface area (TPSA) is 33.2 Å². The summed E-state index contributed by atoms with van der Waals surface area (Å²) < 4.78 is 24.7. The van der Waals surface area contributed by atoms with E-state index in [0.717, 1.165) is 4.90 Å². The summed E-state index contributed by atoms with van der Waals surface area (Å²) in [5.74, 6) is -0.456. The molecule has 0 bridgehead atoms. The minimum Gasteiger partial charge on any atom is -0.331 e.